The Kier molecular flexibility index (Phi) is 10.5. The highest BCUT2D eigenvalue weighted by Gasteiger charge is 2.47. The van der Waals surface area contributed by atoms with Crippen molar-refractivity contribution in [3.8, 4) is 5.75 Å². The van der Waals surface area contributed by atoms with E-state index in [9.17, 15) is 0 Å². The minimum absolute atomic E-state index is 0.712. The summed E-state index contributed by atoms with van der Waals surface area (Å²) in [5.41, 5.74) is 16.5. The maximum atomic E-state index is 5.55. The Morgan fingerprint density at radius 3 is 1.91 bits per heavy atom. The van der Waals surface area contributed by atoms with E-state index in [1.54, 1.807) is 11.1 Å². The maximum absolute atomic E-state index is 5.55. The molecule has 2 nitrogen and oxygen atoms in total. The zero-order chi connectivity index (χ0) is 32.1. The van der Waals surface area contributed by atoms with Gasteiger partial charge in [0.25, 0.3) is 0 Å². The topological polar surface area (TPSA) is 18.5 Å². The standard InChI is InChI=1S/C13H16.2C11H12O.C8H12/c1-10-6-3-4-8-12-11(2)7-5-9-13(10)12;1-8-4-3-5-10-9(2)6-12-7-11(8)10;1-8-6-7-12-11-9(2)4-3-5-10(8)11;1-5-3-7-6(2)8(7)4-5/h5-7,9H,3-4,8H2,1-2H3;2*3-6H,7H2,1-2H3;3,6-8H,4H2,1-2H3. The summed E-state index contributed by atoms with van der Waals surface area (Å²) in [7, 11) is 0. The Balaban J connectivity index is 0.000000120. The third-order valence-electron chi connectivity index (χ3n) is 10.2. The van der Waals surface area contributed by atoms with Gasteiger partial charge in [-0.15, -0.1) is 0 Å². The van der Waals surface area contributed by atoms with E-state index in [1.807, 2.05) is 6.26 Å². The van der Waals surface area contributed by atoms with Gasteiger partial charge in [0.1, 0.15) is 19.0 Å². The van der Waals surface area contributed by atoms with Crippen molar-refractivity contribution >= 4 is 16.7 Å². The largest absolute Gasteiger partial charge is 0.496 e. The lowest BCUT2D eigenvalue weighted by molar-refractivity contribution is 0.232. The first-order chi connectivity index (χ1) is 21.7. The first kappa shape index (κ1) is 32.6. The van der Waals surface area contributed by atoms with Crippen LogP contribution < -0.4 is 4.74 Å². The van der Waals surface area contributed by atoms with Crippen LogP contribution in [0, 0.1) is 38.5 Å². The Hall–Kier alpha value is -3.78. The number of aryl methyl sites for hydroxylation is 3. The van der Waals surface area contributed by atoms with Crippen molar-refractivity contribution in [2.75, 3.05) is 6.61 Å². The highest BCUT2D eigenvalue weighted by Crippen LogP contribution is 2.55. The number of allylic oxidation sites excluding steroid dienone is 6. The fraction of sp³-hybridized carbons (Fsp3) is 0.395. The zero-order valence-corrected chi connectivity index (χ0v) is 28.8. The first-order valence-corrected chi connectivity index (χ1v) is 16.9. The molecule has 2 aliphatic heterocycles. The lowest BCUT2D eigenvalue weighted by atomic mass is 9.96. The van der Waals surface area contributed by atoms with Crippen molar-refractivity contribution in [1.29, 1.82) is 0 Å². The van der Waals surface area contributed by atoms with E-state index in [1.165, 1.54) is 81.3 Å². The smallest absolute Gasteiger partial charge is 0.130 e. The average molecular weight is 601 g/mol. The van der Waals surface area contributed by atoms with Gasteiger partial charge in [-0.1, -0.05) is 79.2 Å². The van der Waals surface area contributed by atoms with E-state index in [0.29, 0.717) is 6.61 Å². The van der Waals surface area contributed by atoms with E-state index in [4.69, 9.17) is 9.47 Å². The Morgan fingerprint density at radius 1 is 0.667 bits per heavy atom. The number of fused-ring (bicyclic) bond motifs is 4. The molecule has 0 spiro atoms. The van der Waals surface area contributed by atoms with Crippen LogP contribution in [0.2, 0.25) is 0 Å². The monoisotopic (exact) mass is 600 g/mol. The second kappa shape index (κ2) is 14.5. The second-order valence-electron chi connectivity index (χ2n) is 13.6. The molecule has 3 aliphatic carbocycles. The molecule has 5 aliphatic rings. The van der Waals surface area contributed by atoms with Crippen molar-refractivity contribution in [3.05, 3.63) is 129 Å². The molecule has 0 radical (unpaired) electrons. The van der Waals surface area contributed by atoms with Crippen LogP contribution in [-0.4, -0.2) is 6.61 Å². The predicted molar refractivity (Wildman–Crippen MR) is 192 cm³/mol. The van der Waals surface area contributed by atoms with Gasteiger partial charge in [0, 0.05) is 5.56 Å². The molecule has 236 valence electrons. The summed E-state index contributed by atoms with van der Waals surface area (Å²) in [6.07, 6.45) is 13.9. The molecule has 3 atom stereocenters. The van der Waals surface area contributed by atoms with Crippen LogP contribution in [0.1, 0.15) is 98.4 Å². The fourth-order valence-corrected chi connectivity index (χ4v) is 7.15. The van der Waals surface area contributed by atoms with Gasteiger partial charge < -0.3 is 9.47 Å². The zero-order valence-electron chi connectivity index (χ0n) is 28.8. The van der Waals surface area contributed by atoms with Crippen LogP contribution in [0.25, 0.3) is 16.7 Å². The Bertz CT molecular complexity index is 1580. The van der Waals surface area contributed by atoms with E-state index in [2.05, 4.69) is 128 Å². The molecule has 1 fully saturated rings. The van der Waals surface area contributed by atoms with E-state index >= 15 is 0 Å². The molecule has 3 aromatic carbocycles. The van der Waals surface area contributed by atoms with Gasteiger partial charge >= 0.3 is 0 Å². The number of ether oxygens (including phenoxy) is 2. The molecule has 45 heavy (non-hydrogen) atoms. The van der Waals surface area contributed by atoms with E-state index < -0.39 is 0 Å². The lowest BCUT2D eigenvalue weighted by Gasteiger charge is -2.17. The lowest BCUT2D eigenvalue weighted by Crippen LogP contribution is -2.04. The molecule has 0 saturated heterocycles. The number of hydrogen-bond donors (Lipinski definition) is 0. The summed E-state index contributed by atoms with van der Waals surface area (Å²) in [4.78, 5) is 0. The van der Waals surface area contributed by atoms with Crippen LogP contribution in [0.3, 0.4) is 0 Å². The third kappa shape index (κ3) is 7.72. The summed E-state index contributed by atoms with van der Waals surface area (Å²) >= 11 is 0. The molecule has 0 bridgehead atoms. The van der Waals surface area contributed by atoms with Gasteiger partial charge in [-0.2, -0.15) is 0 Å². The molecule has 0 amide bonds. The Morgan fingerprint density at radius 2 is 1.29 bits per heavy atom. The van der Waals surface area contributed by atoms with E-state index in [0.717, 1.165) is 30.1 Å². The molecule has 8 rings (SSSR count). The molecule has 3 unspecified atom stereocenters. The second-order valence-corrected chi connectivity index (χ2v) is 13.6. The number of hydrogen-bond acceptors (Lipinski definition) is 2. The van der Waals surface area contributed by atoms with Crippen molar-refractivity contribution in [3.63, 3.8) is 0 Å². The maximum Gasteiger partial charge on any atom is 0.130 e. The highest BCUT2D eigenvalue weighted by atomic mass is 16.5. The summed E-state index contributed by atoms with van der Waals surface area (Å²) in [5.74, 6) is 4.14. The van der Waals surface area contributed by atoms with Crippen LogP contribution in [0.15, 0.2) is 84.7 Å². The molecular weight excluding hydrogens is 548 g/mol. The van der Waals surface area contributed by atoms with Gasteiger partial charge in [0.15, 0.2) is 0 Å². The Labute approximate surface area is 272 Å². The van der Waals surface area contributed by atoms with Gasteiger partial charge in [0.2, 0.25) is 0 Å². The number of rotatable bonds is 0. The van der Waals surface area contributed by atoms with Crippen molar-refractivity contribution in [2.24, 2.45) is 17.8 Å². The summed E-state index contributed by atoms with van der Waals surface area (Å²) in [5, 5.41) is 0. The highest BCUT2D eigenvalue weighted by molar-refractivity contribution is 5.72. The molecule has 3 aromatic rings. The van der Waals surface area contributed by atoms with Crippen molar-refractivity contribution in [2.45, 2.75) is 87.7 Å². The molecular formula is C43H52O2. The summed E-state index contributed by atoms with van der Waals surface area (Å²) in [6.45, 7) is 18.9. The molecule has 2 heterocycles. The third-order valence-corrected chi connectivity index (χ3v) is 10.2. The van der Waals surface area contributed by atoms with Crippen LogP contribution in [-0.2, 0) is 17.8 Å². The normalized spacial score (nSPS) is 21.5. The minimum Gasteiger partial charge on any atom is -0.496 e. The van der Waals surface area contributed by atoms with E-state index in [-0.39, 0.29) is 0 Å². The molecule has 1 saturated carbocycles. The van der Waals surface area contributed by atoms with Gasteiger partial charge in [-0.3, -0.25) is 0 Å². The first-order valence-electron chi connectivity index (χ1n) is 16.9. The van der Waals surface area contributed by atoms with Crippen LogP contribution in [0.5, 0.6) is 5.75 Å². The van der Waals surface area contributed by atoms with Crippen molar-refractivity contribution < 1.29 is 9.47 Å². The minimum atomic E-state index is 0.712. The van der Waals surface area contributed by atoms with Gasteiger partial charge in [0.05, 0.1) is 6.26 Å². The average Bonchev–Trinajstić information content (AvgIpc) is 3.49. The fourth-order valence-electron chi connectivity index (χ4n) is 7.15. The molecule has 0 N–H and O–H groups in total. The van der Waals surface area contributed by atoms with Crippen LogP contribution >= 0.6 is 0 Å². The summed E-state index contributed by atoms with van der Waals surface area (Å²) in [6, 6.07) is 19.3. The predicted octanol–water partition coefficient (Wildman–Crippen LogP) is 11.6. The quantitative estimate of drug-likeness (QED) is 0.239. The van der Waals surface area contributed by atoms with Gasteiger partial charge in [-0.25, -0.2) is 0 Å². The number of benzene rings is 3. The summed E-state index contributed by atoms with van der Waals surface area (Å²) < 4.78 is 10.9. The number of para-hydroxylation sites is 1. The van der Waals surface area contributed by atoms with Crippen LogP contribution in [0.4, 0.5) is 0 Å². The molecule has 0 aromatic heterocycles. The molecule has 2 heteroatoms. The van der Waals surface area contributed by atoms with Crippen molar-refractivity contribution in [1.82, 2.24) is 0 Å². The van der Waals surface area contributed by atoms with Gasteiger partial charge in [-0.05, 0) is 154 Å². The SMILES string of the molecule is CC1=CC2C(C)C2C1.CC1=CCCCc2c(C)cccc21.CC1=CCOc2c(C)cccc21.CC1=COCc2c(C)cccc21.